The summed E-state index contributed by atoms with van der Waals surface area (Å²) in [4.78, 5) is 14.2. The van der Waals surface area contributed by atoms with E-state index in [1.165, 1.54) is 11.1 Å². The van der Waals surface area contributed by atoms with E-state index in [1.54, 1.807) is 4.90 Å². The lowest BCUT2D eigenvalue weighted by molar-refractivity contribution is -0.119. The molecule has 0 saturated heterocycles. The van der Waals surface area contributed by atoms with E-state index in [2.05, 4.69) is 53.2 Å². The lowest BCUT2D eigenvalue weighted by Gasteiger charge is -2.11. The summed E-state index contributed by atoms with van der Waals surface area (Å²) in [6.45, 7) is 2.07. The van der Waals surface area contributed by atoms with Crippen LogP contribution >= 0.6 is 15.9 Å². The number of anilines is 1. The fraction of sp³-hybridized carbons (Fsp3) is 0.235. The predicted octanol–water partition coefficient (Wildman–Crippen LogP) is 4.06. The third-order valence-electron chi connectivity index (χ3n) is 3.92. The number of nitrogens with zero attached hydrogens (tertiary/aromatic N) is 1. The van der Waals surface area contributed by atoms with Gasteiger partial charge in [-0.1, -0.05) is 45.8 Å². The highest BCUT2D eigenvalue weighted by atomic mass is 79.9. The van der Waals surface area contributed by atoms with Crippen LogP contribution in [0.3, 0.4) is 0 Å². The van der Waals surface area contributed by atoms with Crippen molar-refractivity contribution in [3.05, 3.63) is 63.6 Å². The van der Waals surface area contributed by atoms with Crippen LogP contribution in [0.15, 0.2) is 46.9 Å². The molecule has 2 aromatic carbocycles. The highest BCUT2D eigenvalue weighted by Gasteiger charge is 2.35. The van der Waals surface area contributed by atoms with Crippen molar-refractivity contribution in [3.63, 3.8) is 0 Å². The summed E-state index contributed by atoms with van der Waals surface area (Å²) >= 11 is 3.50. The van der Waals surface area contributed by atoms with Crippen molar-refractivity contribution in [2.45, 2.75) is 19.3 Å². The second kappa shape index (κ2) is 5.06. The molecule has 1 unspecified atom stereocenters. The molecule has 102 valence electrons. The van der Waals surface area contributed by atoms with Crippen molar-refractivity contribution >= 4 is 27.5 Å². The van der Waals surface area contributed by atoms with Gasteiger partial charge in [-0.15, -0.1) is 0 Å². The molecule has 0 radical (unpaired) electrons. The van der Waals surface area contributed by atoms with Crippen LogP contribution in [0.1, 0.15) is 22.6 Å². The molecule has 1 heterocycles. The summed E-state index contributed by atoms with van der Waals surface area (Å²) in [5.74, 6) is 0.105. The molecule has 0 N–H and O–H groups in total. The Bertz CT molecular complexity index is 663. The van der Waals surface area contributed by atoms with Crippen LogP contribution in [0.4, 0.5) is 5.69 Å². The molecule has 1 aliphatic rings. The van der Waals surface area contributed by atoms with Crippen LogP contribution in [-0.4, -0.2) is 13.0 Å². The van der Waals surface area contributed by atoms with Crippen LogP contribution in [0.5, 0.6) is 0 Å². The van der Waals surface area contributed by atoms with Crippen LogP contribution in [0, 0.1) is 6.92 Å². The zero-order valence-corrected chi connectivity index (χ0v) is 13.1. The number of benzene rings is 2. The molecule has 1 aliphatic heterocycles. The van der Waals surface area contributed by atoms with Gasteiger partial charge < -0.3 is 4.90 Å². The summed E-state index contributed by atoms with van der Waals surface area (Å²) in [5, 5.41) is 0. The first-order valence-corrected chi connectivity index (χ1v) is 7.48. The van der Waals surface area contributed by atoms with Gasteiger partial charge in [0.2, 0.25) is 5.91 Å². The largest absolute Gasteiger partial charge is 0.315 e. The van der Waals surface area contributed by atoms with E-state index in [0.717, 1.165) is 22.1 Å². The van der Waals surface area contributed by atoms with Gasteiger partial charge in [0.05, 0.1) is 5.92 Å². The van der Waals surface area contributed by atoms with Crippen LogP contribution in [-0.2, 0) is 11.2 Å². The Kier molecular flexibility index (Phi) is 3.38. The third-order valence-corrected chi connectivity index (χ3v) is 4.41. The zero-order valence-electron chi connectivity index (χ0n) is 11.6. The second-order valence-electron chi connectivity index (χ2n) is 5.34. The molecule has 0 aromatic heterocycles. The predicted molar refractivity (Wildman–Crippen MR) is 85.2 cm³/mol. The number of aryl methyl sites for hydroxylation is 1. The molecule has 1 atom stereocenters. The van der Waals surface area contributed by atoms with E-state index in [-0.39, 0.29) is 11.8 Å². The van der Waals surface area contributed by atoms with Crippen molar-refractivity contribution in [2.75, 3.05) is 11.9 Å². The summed E-state index contributed by atoms with van der Waals surface area (Å²) in [6, 6.07) is 14.5. The number of rotatable bonds is 2. The summed E-state index contributed by atoms with van der Waals surface area (Å²) in [6.07, 6.45) is 0.757. The standard InChI is InChI=1S/C17H16BrNO/c1-11-3-5-12(6-4-11)9-15-14-10-13(18)7-8-16(14)19(2)17(15)20/h3-8,10,15H,9H2,1-2H3. The van der Waals surface area contributed by atoms with Crippen molar-refractivity contribution in [1.82, 2.24) is 0 Å². The second-order valence-corrected chi connectivity index (χ2v) is 6.26. The third kappa shape index (κ3) is 2.27. The number of hydrogen-bond acceptors (Lipinski definition) is 1. The Morgan fingerprint density at radius 2 is 1.85 bits per heavy atom. The first-order chi connectivity index (χ1) is 9.56. The molecule has 0 aliphatic carbocycles. The molecule has 0 saturated carbocycles. The van der Waals surface area contributed by atoms with Crippen LogP contribution in [0.25, 0.3) is 0 Å². The first kappa shape index (κ1) is 13.4. The molecule has 1 amide bonds. The van der Waals surface area contributed by atoms with Crippen molar-refractivity contribution in [3.8, 4) is 0 Å². The zero-order chi connectivity index (χ0) is 14.3. The minimum Gasteiger partial charge on any atom is -0.315 e. The minimum atomic E-state index is -0.0739. The lowest BCUT2D eigenvalue weighted by Crippen LogP contribution is -2.24. The molecular weight excluding hydrogens is 314 g/mol. The van der Waals surface area contributed by atoms with E-state index in [9.17, 15) is 4.79 Å². The number of likely N-dealkylation sites (N-methyl/N-ethyl adjacent to an activating group) is 1. The van der Waals surface area contributed by atoms with E-state index in [0.29, 0.717) is 0 Å². The summed E-state index contributed by atoms with van der Waals surface area (Å²) in [7, 11) is 1.85. The lowest BCUT2D eigenvalue weighted by atomic mass is 9.93. The molecule has 3 heteroatoms. The number of carbonyl (C=O) groups excluding carboxylic acids is 1. The number of fused-ring (bicyclic) bond motifs is 1. The molecule has 0 bridgehead atoms. The Morgan fingerprint density at radius 3 is 2.55 bits per heavy atom. The first-order valence-electron chi connectivity index (χ1n) is 6.69. The molecular formula is C17H16BrNO. The smallest absolute Gasteiger partial charge is 0.234 e. The Labute approximate surface area is 127 Å². The SMILES string of the molecule is Cc1ccc(CC2C(=O)N(C)c3ccc(Br)cc32)cc1. The van der Waals surface area contributed by atoms with Crippen LogP contribution < -0.4 is 4.90 Å². The van der Waals surface area contributed by atoms with Crippen LogP contribution in [0.2, 0.25) is 0 Å². The van der Waals surface area contributed by atoms with Gasteiger partial charge in [0.25, 0.3) is 0 Å². The van der Waals surface area contributed by atoms with Gasteiger partial charge >= 0.3 is 0 Å². The van der Waals surface area contributed by atoms with Crippen molar-refractivity contribution in [1.29, 1.82) is 0 Å². The van der Waals surface area contributed by atoms with Gasteiger partial charge in [-0.25, -0.2) is 0 Å². The quantitative estimate of drug-likeness (QED) is 0.813. The molecule has 2 nitrogen and oxygen atoms in total. The van der Waals surface area contributed by atoms with Gasteiger partial charge in [0.1, 0.15) is 0 Å². The normalized spacial score (nSPS) is 17.4. The molecule has 3 rings (SSSR count). The average Bonchev–Trinajstić information content (AvgIpc) is 2.66. The van der Waals surface area contributed by atoms with Gasteiger partial charge in [0, 0.05) is 17.2 Å². The van der Waals surface area contributed by atoms with E-state index in [4.69, 9.17) is 0 Å². The fourth-order valence-electron chi connectivity index (χ4n) is 2.75. The van der Waals surface area contributed by atoms with Crippen molar-refractivity contribution < 1.29 is 4.79 Å². The maximum absolute atomic E-state index is 12.5. The maximum Gasteiger partial charge on any atom is 0.234 e. The monoisotopic (exact) mass is 329 g/mol. The Hall–Kier alpha value is -1.61. The van der Waals surface area contributed by atoms with E-state index >= 15 is 0 Å². The van der Waals surface area contributed by atoms with Gasteiger partial charge in [-0.05, 0) is 42.7 Å². The Morgan fingerprint density at radius 1 is 1.15 bits per heavy atom. The fourth-order valence-corrected chi connectivity index (χ4v) is 3.13. The maximum atomic E-state index is 12.5. The van der Waals surface area contributed by atoms with Gasteiger partial charge in [0.15, 0.2) is 0 Å². The number of hydrogen-bond donors (Lipinski definition) is 0. The molecule has 0 spiro atoms. The number of halogens is 1. The topological polar surface area (TPSA) is 20.3 Å². The molecule has 20 heavy (non-hydrogen) atoms. The number of carbonyl (C=O) groups is 1. The summed E-state index contributed by atoms with van der Waals surface area (Å²) in [5.41, 5.74) is 4.59. The summed E-state index contributed by atoms with van der Waals surface area (Å²) < 4.78 is 1.02. The Balaban J connectivity index is 1.96. The van der Waals surface area contributed by atoms with Gasteiger partial charge in [-0.2, -0.15) is 0 Å². The van der Waals surface area contributed by atoms with Gasteiger partial charge in [-0.3, -0.25) is 4.79 Å². The average molecular weight is 330 g/mol. The van der Waals surface area contributed by atoms with E-state index < -0.39 is 0 Å². The van der Waals surface area contributed by atoms with Crippen molar-refractivity contribution in [2.24, 2.45) is 0 Å². The highest BCUT2D eigenvalue weighted by molar-refractivity contribution is 9.10. The highest BCUT2D eigenvalue weighted by Crippen LogP contribution is 2.39. The number of amides is 1. The minimum absolute atomic E-state index is 0.0739. The molecule has 0 fully saturated rings. The van der Waals surface area contributed by atoms with E-state index in [1.807, 2.05) is 19.2 Å². The molecule has 2 aromatic rings.